The molecule has 0 aliphatic rings. The minimum atomic E-state index is -0.0324. The van der Waals surface area contributed by atoms with E-state index < -0.39 is 0 Å². The van der Waals surface area contributed by atoms with Crippen LogP contribution in [0.4, 0.5) is 0 Å². The molecule has 0 spiro atoms. The summed E-state index contributed by atoms with van der Waals surface area (Å²) < 4.78 is 4.39. The summed E-state index contributed by atoms with van der Waals surface area (Å²) in [5, 5.41) is 8.31. The summed E-state index contributed by atoms with van der Waals surface area (Å²) in [4.78, 5) is 0. The predicted molar refractivity (Wildman–Crippen MR) is 24.0 cm³/mol. The Hall–Kier alpha value is -0.960. The molecule has 3 nitrogen and oxygen atoms in total. The van der Waals surface area contributed by atoms with Crippen molar-refractivity contribution in [3.8, 4) is 5.95 Å². The molecule has 0 atom stereocenters. The Labute approximate surface area is 40.5 Å². The van der Waals surface area contributed by atoms with Crippen LogP contribution in [0.1, 0.15) is 0 Å². The van der Waals surface area contributed by atoms with Crippen LogP contribution in [0.15, 0.2) is 22.8 Å². The molecule has 3 N–H and O–H groups in total. The Morgan fingerprint density at radius 2 is 2.29 bits per heavy atom. The Kier molecular flexibility index (Phi) is 1.95. The van der Waals surface area contributed by atoms with Gasteiger partial charge >= 0.3 is 0 Å². The maximum atomic E-state index is 8.31. The second kappa shape index (κ2) is 2.25. The molecule has 7 heavy (non-hydrogen) atoms. The van der Waals surface area contributed by atoms with Crippen molar-refractivity contribution in [2.24, 2.45) is 0 Å². The highest BCUT2D eigenvalue weighted by atomic mass is 16.5. The van der Waals surface area contributed by atoms with Gasteiger partial charge in [-0.15, -0.1) is 0 Å². The summed E-state index contributed by atoms with van der Waals surface area (Å²) in [5.41, 5.74) is 0. The number of furan rings is 1. The van der Waals surface area contributed by atoms with Gasteiger partial charge in [0.15, 0.2) is 0 Å². The first-order valence-corrected chi connectivity index (χ1v) is 1.62. The average Bonchev–Trinajstić information content (AvgIpc) is 1.86. The van der Waals surface area contributed by atoms with Crippen LogP contribution >= 0.6 is 0 Å². The zero-order valence-electron chi connectivity index (χ0n) is 3.59. The standard InChI is InChI=1S/C4H4O2.H2O/c5-4-2-1-3-6-4;/h1-3,5H;1H2. The Morgan fingerprint density at radius 3 is 2.43 bits per heavy atom. The fraction of sp³-hybridized carbons (Fsp3) is 0. The molecule has 0 radical (unpaired) electrons. The molecule has 0 bridgehead atoms. The summed E-state index contributed by atoms with van der Waals surface area (Å²) in [6.07, 6.45) is 1.41. The monoisotopic (exact) mass is 102 g/mol. The molecular formula is C4H6O3. The van der Waals surface area contributed by atoms with Crippen LogP contribution in [0.3, 0.4) is 0 Å². The largest absolute Gasteiger partial charge is 0.481 e. The van der Waals surface area contributed by atoms with Crippen LogP contribution in [-0.2, 0) is 0 Å². The van der Waals surface area contributed by atoms with Crippen LogP contribution in [-0.4, -0.2) is 10.6 Å². The molecule has 0 aliphatic heterocycles. The fourth-order valence-electron chi connectivity index (χ4n) is 0.270. The molecule has 1 rings (SSSR count). The van der Waals surface area contributed by atoms with Gasteiger partial charge in [0.25, 0.3) is 5.95 Å². The van der Waals surface area contributed by atoms with E-state index in [1.54, 1.807) is 6.07 Å². The lowest BCUT2D eigenvalue weighted by molar-refractivity contribution is 0.332. The zero-order valence-corrected chi connectivity index (χ0v) is 3.59. The van der Waals surface area contributed by atoms with Crippen molar-refractivity contribution in [3.63, 3.8) is 0 Å². The normalized spacial score (nSPS) is 7.43. The van der Waals surface area contributed by atoms with Crippen molar-refractivity contribution in [1.29, 1.82) is 0 Å². The molecule has 40 valence electrons. The zero-order chi connectivity index (χ0) is 4.41. The van der Waals surface area contributed by atoms with E-state index in [2.05, 4.69) is 4.42 Å². The van der Waals surface area contributed by atoms with Gasteiger partial charge < -0.3 is 15.0 Å². The molecule has 1 aromatic heterocycles. The SMILES string of the molecule is O.Oc1ccco1. The summed E-state index contributed by atoms with van der Waals surface area (Å²) >= 11 is 0. The molecule has 0 unspecified atom stereocenters. The van der Waals surface area contributed by atoms with Crippen LogP contribution in [0, 0.1) is 0 Å². The summed E-state index contributed by atoms with van der Waals surface area (Å²) in [6, 6.07) is 3.09. The minimum Gasteiger partial charge on any atom is -0.481 e. The van der Waals surface area contributed by atoms with Gasteiger partial charge in [-0.2, -0.15) is 0 Å². The molecule has 0 aliphatic carbocycles. The predicted octanol–water partition coefficient (Wildman–Crippen LogP) is 0.160. The lowest BCUT2D eigenvalue weighted by Gasteiger charge is -1.69. The van der Waals surface area contributed by atoms with Gasteiger partial charge in [-0.3, -0.25) is 0 Å². The number of rotatable bonds is 0. The molecular weight excluding hydrogens is 96.0 g/mol. The van der Waals surface area contributed by atoms with E-state index in [0.29, 0.717) is 0 Å². The van der Waals surface area contributed by atoms with Crippen LogP contribution in [0.2, 0.25) is 0 Å². The number of hydrogen-bond acceptors (Lipinski definition) is 2. The van der Waals surface area contributed by atoms with Gasteiger partial charge in [-0.25, -0.2) is 0 Å². The molecule has 0 saturated heterocycles. The van der Waals surface area contributed by atoms with Crippen molar-refractivity contribution in [1.82, 2.24) is 0 Å². The van der Waals surface area contributed by atoms with Crippen LogP contribution in [0.25, 0.3) is 0 Å². The highest BCUT2D eigenvalue weighted by molar-refractivity contribution is 5.00. The van der Waals surface area contributed by atoms with Gasteiger partial charge in [0.05, 0.1) is 6.26 Å². The number of hydrogen-bond donors (Lipinski definition) is 1. The second-order valence-electron chi connectivity index (χ2n) is 0.951. The second-order valence-corrected chi connectivity index (χ2v) is 0.951. The Balaban J connectivity index is 0.000000360. The van der Waals surface area contributed by atoms with E-state index in [0.717, 1.165) is 0 Å². The first-order valence-electron chi connectivity index (χ1n) is 1.62. The molecule has 1 heterocycles. The fourth-order valence-corrected chi connectivity index (χ4v) is 0.270. The lowest BCUT2D eigenvalue weighted by atomic mass is 10.7. The van der Waals surface area contributed by atoms with Crippen molar-refractivity contribution in [2.75, 3.05) is 0 Å². The smallest absolute Gasteiger partial charge is 0.281 e. The third kappa shape index (κ3) is 1.28. The third-order valence-corrected chi connectivity index (χ3v) is 0.506. The molecule has 0 amide bonds. The quantitative estimate of drug-likeness (QED) is 0.507. The van der Waals surface area contributed by atoms with E-state index in [1.807, 2.05) is 0 Å². The van der Waals surface area contributed by atoms with Crippen molar-refractivity contribution < 1.29 is 15.0 Å². The van der Waals surface area contributed by atoms with E-state index in [9.17, 15) is 0 Å². The van der Waals surface area contributed by atoms with Crippen LogP contribution in [0.5, 0.6) is 5.95 Å². The Bertz CT molecular complexity index is 110. The van der Waals surface area contributed by atoms with E-state index in [1.165, 1.54) is 12.3 Å². The Morgan fingerprint density at radius 1 is 1.57 bits per heavy atom. The summed E-state index contributed by atoms with van der Waals surface area (Å²) in [5.74, 6) is -0.0324. The molecule has 0 fully saturated rings. The molecule has 0 aromatic carbocycles. The maximum Gasteiger partial charge on any atom is 0.281 e. The van der Waals surface area contributed by atoms with E-state index in [4.69, 9.17) is 5.11 Å². The van der Waals surface area contributed by atoms with Gasteiger partial charge in [0.2, 0.25) is 0 Å². The topological polar surface area (TPSA) is 64.9 Å². The molecule has 1 aromatic rings. The first-order chi connectivity index (χ1) is 2.89. The summed E-state index contributed by atoms with van der Waals surface area (Å²) in [7, 11) is 0. The van der Waals surface area contributed by atoms with Crippen molar-refractivity contribution in [2.45, 2.75) is 0 Å². The van der Waals surface area contributed by atoms with Crippen molar-refractivity contribution >= 4 is 0 Å². The highest BCUT2D eigenvalue weighted by Crippen LogP contribution is 2.04. The van der Waals surface area contributed by atoms with Crippen LogP contribution < -0.4 is 0 Å². The molecule has 3 heteroatoms. The minimum absolute atomic E-state index is 0. The first kappa shape index (κ1) is 6.04. The third-order valence-electron chi connectivity index (χ3n) is 0.506. The number of aromatic hydroxyl groups is 1. The molecule has 0 saturated carbocycles. The van der Waals surface area contributed by atoms with Gasteiger partial charge in [-0.1, -0.05) is 0 Å². The van der Waals surface area contributed by atoms with E-state index >= 15 is 0 Å². The van der Waals surface area contributed by atoms with Gasteiger partial charge in [-0.05, 0) is 6.07 Å². The van der Waals surface area contributed by atoms with Crippen molar-refractivity contribution in [3.05, 3.63) is 18.4 Å². The maximum absolute atomic E-state index is 8.31. The lowest BCUT2D eigenvalue weighted by Crippen LogP contribution is -1.40. The highest BCUT2D eigenvalue weighted by Gasteiger charge is 1.79. The van der Waals surface area contributed by atoms with Gasteiger partial charge in [0.1, 0.15) is 0 Å². The van der Waals surface area contributed by atoms with Gasteiger partial charge in [0, 0.05) is 6.07 Å². The summed E-state index contributed by atoms with van der Waals surface area (Å²) in [6.45, 7) is 0. The van der Waals surface area contributed by atoms with E-state index in [-0.39, 0.29) is 11.4 Å². The average molecular weight is 102 g/mol.